The number of nitrogens with two attached hydrogens (primary N) is 1. The molecule has 0 amide bonds. The molecule has 0 radical (unpaired) electrons. The van der Waals surface area contributed by atoms with Gasteiger partial charge in [-0.1, -0.05) is 40.0 Å². The molecule has 0 spiro atoms. The monoisotopic (exact) mass is 278 g/mol. The highest BCUT2D eigenvalue weighted by molar-refractivity contribution is 4.92. The first-order valence-corrected chi connectivity index (χ1v) is 8.22. The van der Waals surface area contributed by atoms with Gasteiger partial charge in [-0.15, -0.1) is 0 Å². The van der Waals surface area contributed by atoms with E-state index in [0.29, 0.717) is 11.8 Å². The van der Waals surface area contributed by atoms with Crippen molar-refractivity contribution in [2.45, 2.75) is 71.9 Å². The lowest BCUT2D eigenvalue weighted by Gasteiger charge is -2.32. The molecule has 2 rings (SSSR count). The molecule has 2 N–H and O–H groups in total. The van der Waals surface area contributed by atoms with E-state index in [2.05, 4.69) is 30.9 Å². The Bertz CT molecular complexity index is 399. The van der Waals surface area contributed by atoms with Crippen LogP contribution in [0.25, 0.3) is 0 Å². The maximum Gasteiger partial charge on any atom is 0.138 e. The van der Waals surface area contributed by atoms with Crippen molar-refractivity contribution in [1.82, 2.24) is 14.8 Å². The van der Waals surface area contributed by atoms with Crippen LogP contribution in [0.3, 0.4) is 0 Å². The number of rotatable bonds is 6. The Hall–Kier alpha value is -0.900. The van der Waals surface area contributed by atoms with Gasteiger partial charge in [-0.2, -0.15) is 5.10 Å². The molecule has 0 bridgehead atoms. The summed E-state index contributed by atoms with van der Waals surface area (Å²) in [4.78, 5) is 4.42. The highest BCUT2D eigenvalue weighted by atomic mass is 15.3. The summed E-state index contributed by atoms with van der Waals surface area (Å²) in [6.45, 7) is 7.65. The summed E-state index contributed by atoms with van der Waals surface area (Å²) in [5.74, 6) is 3.20. The van der Waals surface area contributed by atoms with Gasteiger partial charge in [0.25, 0.3) is 0 Å². The summed E-state index contributed by atoms with van der Waals surface area (Å²) >= 11 is 0. The Morgan fingerprint density at radius 3 is 2.90 bits per heavy atom. The zero-order valence-electron chi connectivity index (χ0n) is 13.3. The standard InChI is InChI=1S/C16H30N4/c1-4-13-6-5-7-14(8-13)15(17)9-16-18-11-19-20(16)10-12(2)3/h11-15H,4-10,17H2,1-3H3. The van der Waals surface area contributed by atoms with E-state index in [0.717, 1.165) is 24.7 Å². The summed E-state index contributed by atoms with van der Waals surface area (Å²) in [6.07, 6.45) is 9.16. The normalized spacial score (nSPS) is 25.1. The molecule has 0 aliphatic heterocycles. The Kier molecular flexibility index (Phi) is 5.58. The van der Waals surface area contributed by atoms with Gasteiger partial charge >= 0.3 is 0 Å². The Morgan fingerprint density at radius 1 is 1.40 bits per heavy atom. The maximum absolute atomic E-state index is 6.48. The Morgan fingerprint density at radius 2 is 2.20 bits per heavy atom. The van der Waals surface area contributed by atoms with E-state index in [1.807, 2.05) is 4.68 Å². The molecular weight excluding hydrogens is 248 g/mol. The molecule has 1 aromatic rings. The average Bonchev–Trinajstić information content (AvgIpc) is 2.85. The van der Waals surface area contributed by atoms with Crippen LogP contribution in [0.5, 0.6) is 0 Å². The van der Waals surface area contributed by atoms with Crippen LogP contribution >= 0.6 is 0 Å². The van der Waals surface area contributed by atoms with Crippen LogP contribution < -0.4 is 5.73 Å². The second-order valence-corrected chi connectivity index (χ2v) is 6.82. The van der Waals surface area contributed by atoms with Gasteiger partial charge in [0.15, 0.2) is 0 Å². The molecule has 1 fully saturated rings. The predicted molar refractivity (Wildman–Crippen MR) is 82.3 cm³/mol. The van der Waals surface area contributed by atoms with Gasteiger partial charge in [0.05, 0.1) is 0 Å². The highest BCUT2D eigenvalue weighted by Crippen LogP contribution is 2.33. The molecule has 1 aliphatic rings. The Labute approximate surface area is 123 Å². The highest BCUT2D eigenvalue weighted by Gasteiger charge is 2.26. The third-order valence-electron chi connectivity index (χ3n) is 4.66. The molecule has 0 aromatic carbocycles. The van der Waals surface area contributed by atoms with Crippen molar-refractivity contribution in [1.29, 1.82) is 0 Å². The average molecular weight is 278 g/mol. The van der Waals surface area contributed by atoms with E-state index >= 15 is 0 Å². The topological polar surface area (TPSA) is 56.7 Å². The second kappa shape index (κ2) is 7.21. The lowest BCUT2D eigenvalue weighted by Crippen LogP contribution is -2.36. The fourth-order valence-corrected chi connectivity index (χ4v) is 3.41. The number of aromatic nitrogens is 3. The van der Waals surface area contributed by atoms with Gasteiger partial charge in [-0.25, -0.2) is 9.67 Å². The van der Waals surface area contributed by atoms with Gasteiger partial charge in [0.2, 0.25) is 0 Å². The quantitative estimate of drug-likeness (QED) is 0.870. The summed E-state index contributed by atoms with van der Waals surface area (Å²) in [5.41, 5.74) is 6.48. The van der Waals surface area contributed by atoms with Crippen molar-refractivity contribution < 1.29 is 0 Å². The van der Waals surface area contributed by atoms with Crippen LogP contribution in [-0.4, -0.2) is 20.8 Å². The molecule has 0 saturated heterocycles. The van der Waals surface area contributed by atoms with Crippen molar-refractivity contribution in [3.63, 3.8) is 0 Å². The van der Waals surface area contributed by atoms with Crippen LogP contribution in [0.15, 0.2) is 6.33 Å². The predicted octanol–water partition coefficient (Wildman–Crippen LogP) is 3.02. The minimum Gasteiger partial charge on any atom is -0.327 e. The van der Waals surface area contributed by atoms with Crippen molar-refractivity contribution in [2.75, 3.05) is 0 Å². The summed E-state index contributed by atoms with van der Waals surface area (Å²) in [7, 11) is 0. The van der Waals surface area contributed by atoms with Crippen LogP contribution in [0, 0.1) is 17.8 Å². The van der Waals surface area contributed by atoms with Crippen LogP contribution in [0.2, 0.25) is 0 Å². The molecule has 4 heteroatoms. The van der Waals surface area contributed by atoms with Crippen LogP contribution in [-0.2, 0) is 13.0 Å². The summed E-state index contributed by atoms with van der Waals surface area (Å²) in [5, 5.41) is 4.34. The lowest BCUT2D eigenvalue weighted by molar-refractivity contribution is 0.226. The first-order valence-electron chi connectivity index (χ1n) is 8.22. The number of hydrogen-bond acceptors (Lipinski definition) is 3. The van der Waals surface area contributed by atoms with Gasteiger partial charge < -0.3 is 5.73 Å². The van der Waals surface area contributed by atoms with Crippen LogP contribution in [0.1, 0.15) is 58.7 Å². The summed E-state index contributed by atoms with van der Waals surface area (Å²) in [6, 6.07) is 0.236. The third-order valence-corrected chi connectivity index (χ3v) is 4.66. The fraction of sp³-hybridized carbons (Fsp3) is 0.875. The van der Waals surface area contributed by atoms with E-state index in [1.165, 1.54) is 32.1 Å². The molecule has 1 saturated carbocycles. The largest absolute Gasteiger partial charge is 0.327 e. The molecule has 1 aliphatic carbocycles. The minimum atomic E-state index is 0.236. The third kappa shape index (κ3) is 4.05. The zero-order chi connectivity index (χ0) is 14.5. The molecule has 114 valence electrons. The zero-order valence-corrected chi connectivity index (χ0v) is 13.3. The molecule has 1 heterocycles. The van der Waals surface area contributed by atoms with Gasteiger partial charge in [0, 0.05) is 19.0 Å². The molecule has 1 aromatic heterocycles. The molecule has 3 atom stereocenters. The summed E-state index contributed by atoms with van der Waals surface area (Å²) < 4.78 is 2.03. The van der Waals surface area contributed by atoms with E-state index < -0.39 is 0 Å². The molecule has 20 heavy (non-hydrogen) atoms. The van der Waals surface area contributed by atoms with Gasteiger partial charge in [-0.05, 0) is 30.6 Å². The van der Waals surface area contributed by atoms with E-state index in [1.54, 1.807) is 6.33 Å². The van der Waals surface area contributed by atoms with Crippen molar-refractivity contribution in [3.05, 3.63) is 12.2 Å². The first kappa shape index (κ1) is 15.5. The van der Waals surface area contributed by atoms with E-state index in [9.17, 15) is 0 Å². The van der Waals surface area contributed by atoms with Crippen molar-refractivity contribution in [3.8, 4) is 0 Å². The number of hydrogen-bond donors (Lipinski definition) is 1. The second-order valence-electron chi connectivity index (χ2n) is 6.82. The first-order chi connectivity index (χ1) is 9.60. The lowest BCUT2D eigenvalue weighted by atomic mass is 9.76. The fourth-order valence-electron chi connectivity index (χ4n) is 3.41. The smallest absolute Gasteiger partial charge is 0.138 e. The molecular formula is C16H30N4. The maximum atomic E-state index is 6.48. The minimum absolute atomic E-state index is 0.236. The Balaban J connectivity index is 1.93. The van der Waals surface area contributed by atoms with Crippen molar-refractivity contribution >= 4 is 0 Å². The van der Waals surface area contributed by atoms with Gasteiger partial charge in [0.1, 0.15) is 12.2 Å². The number of nitrogens with zero attached hydrogens (tertiary/aromatic N) is 3. The van der Waals surface area contributed by atoms with Gasteiger partial charge in [-0.3, -0.25) is 0 Å². The molecule has 3 unspecified atom stereocenters. The van der Waals surface area contributed by atoms with E-state index in [-0.39, 0.29) is 6.04 Å². The van der Waals surface area contributed by atoms with Crippen molar-refractivity contribution in [2.24, 2.45) is 23.5 Å². The van der Waals surface area contributed by atoms with E-state index in [4.69, 9.17) is 5.73 Å². The van der Waals surface area contributed by atoms with Crippen LogP contribution in [0.4, 0.5) is 0 Å². The SMILES string of the molecule is CCC1CCCC(C(N)Cc2ncnn2CC(C)C)C1. The molecule has 4 nitrogen and oxygen atoms in total.